The van der Waals surface area contributed by atoms with Gasteiger partial charge in [0.1, 0.15) is 5.75 Å². The third-order valence-electron chi connectivity index (χ3n) is 3.84. The number of rotatable bonds is 7. The van der Waals surface area contributed by atoms with Crippen LogP contribution in [0.3, 0.4) is 0 Å². The van der Waals surface area contributed by atoms with Gasteiger partial charge in [-0.15, -0.1) is 0 Å². The first-order chi connectivity index (χ1) is 9.85. The predicted molar refractivity (Wildman–Crippen MR) is 87.9 cm³/mol. The molecule has 1 rings (SSSR count). The van der Waals surface area contributed by atoms with Crippen LogP contribution < -0.4 is 10.1 Å². The van der Waals surface area contributed by atoms with E-state index in [0.717, 1.165) is 5.56 Å². The summed E-state index contributed by atoms with van der Waals surface area (Å²) in [6.07, 6.45) is 0.284. The quantitative estimate of drug-likeness (QED) is 0.828. The van der Waals surface area contributed by atoms with E-state index in [9.17, 15) is 4.79 Å². The summed E-state index contributed by atoms with van der Waals surface area (Å²) in [6, 6.07) is 5.33. The summed E-state index contributed by atoms with van der Waals surface area (Å²) in [5, 5.41) is 3.64. The first-order valence-electron chi connectivity index (χ1n) is 7.44. The van der Waals surface area contributed by atoms with E-state index >= 15 is 0 Å². The second-order valence-electron chi connectivity index (χ2n) is 6.09. The predicted octanol–water partition coefficient (Wildman–Crippen LogP) is 3.94. The molecule has 0 aliphatic carbocycles. The summed E-state index contributed by atoms with van der Waals surface area (Å²) in [4.78, 5) is 12.1. The zero-order valence-electron chi connectivity index (χ0n) is 13.6. The summed E-state index contributed by atoms with van der Waals surface area (Å²) in [7, 11) is 1.60. The van der Waals surface area contributed by atoms with Gasteiger partial charge in [-0.3, -0.25) is 4.79 Å². The largest absolute Gasteiger partial charge is 0.496 e. The standard InChI is InChI=1S/C17H26ClNO2/c1-11(2)15(12(3)4)10-19-17(20)9-13-8-14(18)6-7-16(13)21-5/h6-8,11-12,15H,9-10H2,1-5H3,(H,19,20). The average Bonchev–Trinajstić information content (AvgIpc) is 2.38. The minimum atomic E-state index is 0.00173. The average molecular weight is 312 g/mol. The maximum absolute atomic E-state index is 12.1. The summed E-state index contributed by atoms with van der Waals surface area (Å²) < 4.78 is 5.26. The van der Waals surface area contributed by atoms with Crippen LogP contribution in [-0.4, -0.2) is 19.6 Å². The summed E-state index contributed by atoms with van der Waals surface area (Å²) in [5.41, 5.74) is 0.813. The van der Waals surface area contributed by atoms with E-state index in [-0.39, 0.29) is 12.3 Å². The Hall–Kier alpha value is -1.22. The fraction of sp³-hybridized carbons (Fsp3) is 0.588. The third-order valence-corrected chi connectivity index (χ3v) is 4.08. The van der Waals surface area contributed by atoms with Gasteiger partial charge in [-0.2, -0.15) is 0 Å². The highest BCUT2D eigenvalue weighted by Crippen LogP contribution is 2.23. The first-order valence-corrected chi connectivity index (χ1v) is 7.82. The molecule has 0 fully saturated rings. The maximum atomic E-state index is 12.1. The molecule has 0 aromatic heterocycles. The zero-order chi connectivity index (χ0) is 16.0. The van der Waals surface area contributed by atoms with Crippen LogP contribution in [0.15, 0.2) is 18.2 Å². The van der Waals surface area contributed by atoms with Crippen LogP contribution in [0.2, 0.25) is 5.02 Å². The topological polar surface area (TPSA) is 38.3 Å². The van der Waals surface area contributed by atoms with E-state index in [4.69, 9.17) is 16.3 Å². The molecule has 1 N–H and O–H groups in total. The van der Waals surface area contributed by atoms with Gasteiger partial charge in [-0.1, -0.05) is 39.3 Å². The summed E-state index contributed by atoms with van der Waals surface area (Å²) in [5.74, 6) is 2.27. The summed E-state index contributed by atoms with van der Waals surface area (Å²) >= 11 is 5.98. The second-order valence-corrected chi connectivity index (χ2v) is 6.53. The Morgan fingerprint density at radius 3 is 2.38 bits per heavy atom. The SMILES string of the molecule is COc1ccc(Cl)cc1CC(=O)NCC(C(C)C)C(C)C. The van der Waals surface area contributed by atoms with Crippen molar-refractivity contribution in [2.75, 3.05) is 13.7 Å². The molecule has 0 unspecified atom stereocenters. The van der Waals surface area contributed by atoms with Crippen molar-refractivity contribution < 1.29 is 9.53 Å². The minimum Gasteiger partial charge on any atom is -0.496 e. The second kappa shape index (κ2) is 8.28. The number of carbonyl (C=O) groups is 1. The lowest BCUT2D eigenvalue weighted by atomic mass is 9.85. The van der Waals surface area contributed by atoms with Crippen LogP contribution in [0, 0.1) is 17.8 Å². The Morgan fingerprint density at radius 1 is 1.24 bits per heavy atom. The molecule has 1 aromatic rings. The highest BCUT2D eigenvalue weighted by molar-refractivity contribution is 6.30. The fourth-order valence-corrected chi connectivity index (χ4v) is 2.79. The first kappa shape index (κ1) is 17.8. The molecule has 1 amide bonds. The number of carbonyl (C=O) groups excluding carboxylic acids is 1. The Kier molecular flexibility index (Phi) is 7.03. The third kappa shape index (κ3) is 5.58. The van der Waals surface area contributed by atoms with Crippen LogP contribution in [0.4, 0.5) is 0 Å². The van der Waals surface area contributed by atoms with E-state index < -0.39 is 0 Å². The van der Waals surface area contributed by atoms with Crippen molar-refractivity contribution in [2.45, 2.75) is 34.1 Å². The number of amides is 1. The van der Waals surface area contributed by atoms with Crippen molar-refractivity contribution in [3.63, 3.8) is 0 Å². The molecule has 0 bridgehead atoms. The van der Waals surface area contributed by atoms with Crippen LogP contribution in [-0.2, 0) is 11.2 Å². The number of benzene rings is 1. The number of methoxy groups -OCH3 is 1. The van der Waals surface area contributed by atoms with Crippen molar-refractivity contribution in [1.29, 1.82) is 0 Å². The van der Waals surface area contributed by atoms with E-state index in [2.05, 4.69) is 33.0 Å². The highest BCUT2D eigenvalue weighted by atomic mass is 35.5. The molecule has 21 heavy (non-hydrogen) atoms. The molecule has 0 spiro atoms. The Balaban J connectivity index is 2.64. The van der Waals surface area contributed by atoms with Crippen molar-refractivity contribution in [3.8, 4) is 5.75 Å². The Bertz CT molecular complexity index is 464. The Morgan fingerprint density at radius 2 is 1.86 bits per heavy atom. The van der Waals surface area contributed by atoms with Crippen molar-refractivity contribution in [3.05, 3.63) is 28.8 Å². The number of ether oxygens (including phenoxy) is 1. The van der Waals surface area contributed by atoms with Crippen molar-refractivity contribution in [2.24, 2.45) is 17.8 Å². The Labute approximate surface area is 133 Å². The zero-order valence-corrected chi connectivity index (χ0v) is 14.3. The van der Waals surface area contributed by atoms with Gasteiger partial charge in [0, 0.05) is 17.1 Å². The van der Waals surface area contributed by atoms with Crippen LogP contribution in [0.25, 0.3) is 0 Å². The lowest BCUT2D eigenvalue weighted by Gasteiger charge is -2.25. The van der Waals surface area contributed by atoms with Crippen LogP contribution in [0.5, 0.6) is 5.75 Å². The highest BCUT2D eigenvalue weighted by Gasteiger charge is 2.18. The molecule has 0 aliphatic rings. The minimum absolute atomic E-state index is 0.00173. The fourth-order valence-electron chi connectivity index (χ4n) is 2.59. The lowest BCUT2D eigenvalue weighted by Crippen LogP contribution is -2.34. The number of halogens is 1. The van der Waals surface area contributed by atoms with Crippen molar-refractivity contribution in [1.82, 2.24) is 5.32 Å². The smallest absolute Gasteiger partial charge is 0.224 e. The number of hydrogen-bond donors (Lipinski definition) is 1. The monoisotopic (exact) mass is 311 g/mol. The molecule has 0 saturated heterocycles. The molecular formula is C17H26ClNO2. The van der Waals surface area contributed by atoms with Gasteiger partial charge in [0.15, 0.2) is 0 Å². The van der Waals surface area contributed by atoms with Gasteiger partial charge >= 0.3 is 0 Å². The van der Waals surface area contributed by atoms with Gasteiger partial charge in [0.05, 0.1) is 13.5 Å². The lowest BCUT2D eigenvalue weighted by molar-refractivity contribution is -0.120. The molecular weight excluding hydrogens is 286 g/mol. The summed E-state index contributed by atoms with van der Waals surface area (Å²) in [6.45, 7) is 9.47. The molecule has 3 nitrogen and oxygen atoms in total. The molecule has 1 aromatic carbocycles. The normalized spacial score (nSPS) is 11.3. The van der Waals surface area contributed by atoms with Gasteiger partial charge < -0.3 is 10.1 Å². The molecule has 0 radical (unpaired) electrons. The van der Waals surface area contributed by atoms with Gasteiger partial charge in [0.2, 0.25) is 5.91 Å². The van der Waals surface area contributed by atoms with Crippen LogP contribution >= 0.6 is 11.6 Å². The molecule has 0 saturated carbocycles. The molecule has 4 heteroatoms. The van der Waals surface area contributed by atoms with Crippen LogP contribution in [0.1, 0.15) is 33.3 Å². The number of nitrogens with one attached hydrogen (secondary N) is 1. The van der Waals surface area contributed by atoms with E-state index in [1.54, 1.807) is 25.3 Å². The van der Waals surface area contributed by atoms with E-state index in [1.807, 2.05) is 0 Å². The van der Waals surface area contributed by atoms with Gasteiger partial charge in [0.25, 0.3) is 0 Å². The van der Waals surface area contributed by atoms with Crippen molar-refractivity contribution >= 4 is 17.5 Å². The van der Waals surface area contributed by atoms with Gasteiger partial charge in [-0.05, 0) is 36.0 Å². The molecule has 118 valence electrons. The molecule has 0 aliphatic heterocycles. The number of hydrogen-bond acceptors (Lipinski definition) is 2. The van der Waals surface area contributed by atoms with E-state index in [1.165, 1.54) is 0 Å². The molecule has 0 atom stereocenters. The van der Waals surface area contributed by atoms with Gasteiger partial charge in [-0.25, -0.2) is 0 Å². The van der Waals surface area contributed by atoms with E-state index in [0.29, 0.717) is 35.1 Å². The molecule has 0 heterocycles. The maximum Gasteiger partial charge on any atom is 0.224 e.